The van der Waals surface area contributed by atoms with E-state index >= 15 is 0 Å². The molecule has 0 amide bonds. The molecule has 0 aliphatic carbocycles. The van der Waals surface area contributed by atoms with Gasteiger partial charge in [-0.2, -0.15) is 0 Å². The van der Waals surface area contributed by atoms with E-state index in [0.717, 1.165) is 26.7 Å². The molecule has 7 rings (SSSR count). The minimum Gasteiger partial charge on any atom is -0.486 e. The molecule has 5 heterocycles. The van der Waals surface area contributed by atoms with Crippen LogP contribution in [0.2, 0.25) is 0 Å². The summed E-state index contributed by atoms with van der Waals surface area (Å²) in [6.07, 6.45) is 0.220. The Morgan fingerprint density at radius 1 is 0.902 bits per heavy atom. The van der Waals surface area contributed by atoms with Crippen molar-refractivity contribution in [1.82, 2.24) is 15.0 Å². The Kier molecular flexibility index (Phi) is 6.73. The van der Waals surface area contributed by atoms with E-state index in [1.54, 1.807) is 18.3 Å². The second-order valence-corrected chi connectivity index (χ2v) is 11.2. The van der Waals surface area contributed by atoms with E-state index in [4.69, 9.17) is 16.3 Å². The van der Waals surface area contributed by atoms with Crippen LogP contribution in [0.1, 0.15) is 38.9 Å². The number of furan rings is 1. The van der Waals surface area contributed by atoms with Crippen molar-refractivity contribution in [2.75, 3.05) is 0 Å². The normalized spacial score (nSPS) is 13.8. The molecule has 0 unspecified atom stereocenters. The van der Waals surface area contributed by atoms with Crippen LogP contribution in [0.3, 0.4) is 0 Å². The van der Waals surface area contributed by atoms with Gasteiger partial charge in [-0.1, -0.05) is 49.9 Å². The Bertz CT molecular complexity index is 2080. The van der Waals surface area contributed by atoms with Crippen LogP contribution in [0.15, 0.2) is 94.9 Å². The third kappa shape index (κ3) is 6.30. The van der Waals surface area contributed by atoms with Crippen LogP contribution in [-0.4, -0.2) is 15.0 Å². The van der Waals surface area contributed by atoms with E-state index < -0.39 is 18.6 Å². The van der Waals surface area contributed by atoms with Gasteiger partial charge >= 0.3 is 0 Å². The second kappa shape index (κ2) is 12.0. The fourth-order valence-electron chi connectivity index (χ4n) is 4.43. The van der Waals surface area contributed by atoms with E-state index in [-0.39, 0.29) is 31.5 Å². The van der Waals surface area contributed by atoms with E-state index in [0.29, 0.717) is 27.9 Å². The molecule has 6 heteroatoms. The van der Waals surface area contributed by atoms with Crippen molar-refractivity contribution in [3.8, 4) is 22.5 Å². The predicted octanol–water partition coefficient (Wildman–Crippen LogP) is 9.50. The molecule has 0 saturated carbocycles. The molecule has 0 N–H and O–H groups in total. The first kappa shape index (κ1) is 22.9. The number of thiophene rings is 1. The maximum Gasteiger partial charge on any atom is 0.216 e. The zero-order chi connectivity index (χ0) is 32.0. The molecule has 7 aromatic rings. The molecule has 4 nitrogen and oxygen atoms in total. The summed E-state index contributed by atoms with van der Waals surface area (Å²) in [4.78, 5) is 13.3. The van der Waals surface area contributed by atoms with Crippen LogP contribution < -0.4 is 0 Å². The van der Waals surface area contributed by atoms with Crippen molar-refractivity contribution in [3.05, 3.63) is 114 Å². The third-order valence-electron chi connectivity index (χ3n) is 6.13. The average Bonchev–Trinajstić information content (AvgIpc) is 3.62. The predicted molar refractivity (Wildman–Crippen MR) is 165 cm³/mol. The van der Waals surface area contributed by atoms with Crippen LogP contribution >= 0.6 is 11.3 Å². The number of nitrogens with zero attached hydrogens (tertiary/aromatic N) is 3. The van der Waals surface area contributed by atoms with Crippen molar-refractivity contribution >= 4 is 43.6 Å². The zero-order valence-electron chi connectivity index (χ0n) is 27.7. The Labute approximate surface area is 264 Å². The Balaban J connectivity index is 0.000000269. The summed E-state index contributed by atoms with van der Waals surface area (Å²) in [5.74, 6) is 0. The molecule has 0 atom stereocenters. The molecule has 0 saturated heterocycles. The van der Waals surface area contributed by atoms with Crippen LogP contribution in [0.5, 0.6) is 0 Å². The molecule has 1 radical (unpaired) electrons. The van der Waals surface area contributed by atoms with Crippen LogP contribution in [-0.2, 0) is 26.5 Å². The van der Waals surface area contributed by atoms with Crippen LogP contribution in [0, 0.1) is 24.4 Å². The van der Waals surface area contributed by atoms with Crippen molar-refractivity contribution < 1.29 is 31.4 Å². The summed E-state index contributed by atoms with van der Waals surface area (Å²) >= 11 is 1.47. The molecule has 5 aromatic heterocycles. The number of rotatable bonds is 3. The van der Waals surface area contributed by atoms with E-state index in [2.05, 4.69) is 22.1 Å². The average molecular weight is 737 g/mol. The van der Waals surface area contributed by atoms with Gasteiger partial charge in [0.1, 0.15) is 0 Å². The number of benzene rings is 2. The van der Waals surface area contributed by atoms with Crippen molar-refractivity contribution in [2.45, 2.75) is 34.0 Å². The van der Waals surface area contributed by atoms with Crippen molar-refractivity contribution in [1.29, 1.82) is 0 Å². The van der Waals surface area contributed by atoms with E-state index in [1.165, 1.54) is 17.4 Å². The SMILES string of the molecule is [2H]C([2H])([2H])c1ccc2c(n1)oc1c(-c3ccc4scc(C([2H])([2H])C(C)(C)C)c4n3)[c-]ccc12.[Ir].[c-]1ccccc1-c1ccccn1. The van der Waals surface area contributed by atoms with Gasteiger partial charge in [0.2, 0.25) is 5.71 Å². The van der Waals surface area contributed by atoms with Crippen LogP contribution in [0.25, 0.3) is 54.8 Å². The number of aryl methyl sites for hydroxylation is 1. The molecular weight excluding hydrogens is 703 g/mol. The summed E-state index contributed by atoms with van der Waals surface area (Å²) < 4.78 is 47.2. The van der Waals surface area contributed by atoms with Crippen LogP contribution in [0.4, 0.5) is 0 Å². The molecule has 2 aromatic carbocycles. The van der Waals surface area contributed by atoms with Gasteiger partial charge in [0.05, 0.1) is 15.8 Å². The standard InChI is InChI=1S/C24H21N2OS.C11H8N.Ir/c1-14-8-9-17-16-6-5-7-18(22(16)27-23(17)25-14)19-10-11-20-21(26-19)15(13-28-20)12-24(2,3)4;1-2-6-10(7-3-1)11-8-4-5-9-12-11;/h5-6,8-11,13H,12H2,1-4H3;1-6,8-9H;/q2*-1;/i1D3,12D2;;. The maximum absolute atomic E-state index is 8.72. The molecular formula is C35H29IrN3OS-2. The minimum atomic E-state index is -2.32. The Hall–Kier alpha value is -3.70. The first-order valence-electron chi connectivity index (χ1n) is 15.4. The first-order valence-corrected chi connectivity index (χ1v) is 13.7. The smallest absolute Gasteiger partial charge is 0.216 e. The minimum absolute atomic E-state index is 0. The zero-order valence-corrected chi connectivity index (χ0v) is 25.9. The van der Waals surface area contributed by atoms with Gasteiger partial charge in [-0.25, -0.2) is 4.98 Å². The number of hydrogen-bond donors (Lipinski definition) is 0. The molecule has 41 heavy (non-hydrogen) atoms. The molecule has 207 valence electrons. The third-order valence-corrected chi connectivity index (χ3v) is 7.07. The summed E-state index contributed by atoms with van der Waals surface area (Å²) in [5.41, 5.74) is 4.58. The topological polar surface area (TPSA) is 51.8 Å². The fraction of sp³-hybridized carbons (Fsp3) is 0.171. The van der Waals surface area contributed by atoms with Crippen molar-refractivity contribution in [2.24, 2.45) is 5.41 Å². The maximum atomic E-state index is 8.72. The summed E-state index contributed by atoms with van der Waals surface area (Å²) in [7, 11) is 0. The summed E-state index contributed by atoms with van der Waals surface area (Å²) in [6, 6.07) is 30.7. The van der Waals surface area contributed by atoms with Gasteiger partial charge in [0.15, 0.2) is 0 Å². The van der Waals surface area contributed by atoms with Gasteiger partial charge in [0, 0.05) is 44.2 Å². The van der Waals surface area contributed by atoms with Gasteiger partial charge < -0.3 is 9.40 Å². The summed E-state index contributed by atoms with van der Waals surface area (Å²) in [5, 5.41) is 3.36. The number of aromatic nitrogens is 3. The fourth-order valence-corrected chi connectivity index (χ4v) is 5.26. The van der Waals surface area contributed by atoms with E-state index in [1.807, 2.05) is 86.8 Å². The molecule has 0 spiro atoms. The molecule has 0 aliphatic heterocycles. The molecule has 0 aliphatic rings. The van der Waals surface area contributed by atoms with E-state index in [9.17, 15) is 0 Å². The second-order valence-electron chi connectivity index (χ2n) is 10.3. The van der Waals surface area contributed by atoms with Gasteiger partial charge in [-0.05, 0) is 65.2 Å². The van der Waals surface area contributed by atoms with Gasteiger partial charge in [0.25, 0.3) is 0 Å². The Morgan fingerprint density at radius 3 is 2.54 bits per heavy atom. The largest absolute Gasteiger partial charge is 0.486 e. The number of hydrogen-bond acceptors (Lipinski definition) is 5. The van der Waals surface area contributed by atoms with Gasteiger partial charge in [-0.3, -0.25) is 4.98 Å². The number of pyridine rings is 3. The van der Waals surface area contributed by atoms with Gasteiger partial charge in [-0.15, -0.1) is 65.4 Å². The Morgan fingerprint density at radius 2 is 1.78 bits per heavy atom. The molecule has 0 bridgehead atoms. The monoisotopic (exact) mass is 737 g/mol. The quantitative estimate of drug-likeness (QED) is 0.170. The summed E-state index contributed by atoms with van der Waals surface area (Å²) in [6.45, 7) is 3.31. The van der Waals surface area contributed by atoms with Crippen molar-refractivity contribution in [3.63, 3.8) is 0 Å². The number of fused-ring (bicyclic) bond motifs is 4. The molecule has 0 fully saturated rings. The first-order chi connectivity index (χ1) is 21.3.